The molecule has 0 unspecified atom stereocenters. The second-order valence-electron chi connectivity index (χ2n) is 5.56. The number of rotatable bonds is 2. The van der Waals surface area contributed by atoms with E-state index in [2.05, 4.69) is 52.0 Å². The maximum absolute atomic E-state index is 9.46. The third-order valence-electron chi connectivity index (χ3n) is 2.85. The van der Waals surface area contributed by atoms with E-state index in [1.807, 2.05) is 0 Å². The molecule has 0 amide bonds. The Morgan fingerprint density at radius 1 is 1.17 bits per heavy atom. The third-order valence-corrected chi connectivity index (χ3v) is 3.94. The summed E-state index contributed by atoms with van der Waals surface area (Å²) in [5.74, 6) is 0. The van der Waals surface area contributed by atoms with E-state index in [1.54, 1.807) is 11.3 Å². The van der Waals surface area contributed by atoms with Crippen LogP contribution in [0.25, 0.3) is 10.6 Å². The van der Waals surface area contributed by atoms with Gasteiger partial charge in [-0.1, -0.05) is 50.6 Å². The van der Waals surface area contributed by atoms with Crippen molar-refractivity contribution in [2.45, 2.75) is 39.7 Å². The van der Waals surface area contributed by atoms with E-state index in [4.69, 9.17) is 4.98 Å². The van der Waals surface area contributed by atoms with Crippen molar-refractivity contribution < 1.29 is 5.11 Å². The van der Waals surface area contributed by atoms with Crippen LogP contribution in [0, 0.1) is 6.92 Å². The summed E-state index contributed by atoms with van der Waals surface area (Å²) in [4.78, 5) is 5.68. The maximum atomic E-state index is 9.46. The van der Waals surface area contributed by atoms with Crippen LogP contribution in [-0.4, -0.2) is 10.1 Å². The van der Waals surface area contributed by atoms with E-state index in [0.29, 0.717) is 0 Å². The second kappa shape index (κ2) is 4.82. The number of aliphatic hydroxyl groups excluding tert-OH is 1. The second-order valence-corrected chi connectivity index (χ2v) is 6.65. The predicted molar refractivity (Wildman–Crippen MR) is 76.9 cm³/mol. The van der Waals surface area contributed by atoms with Crippen LogP contribution < -0.4 is 0 Å². The van der Waals surface area contributed by atoms with Crippen LogP contribution in [0.2, 0.25) is 0 Å². The van der Waals surface area contributed by atoms with Crippen molar-refractivity contribution in [3.05, 3.63) is 40.4 Å². The van der Waals surface area contributed by atoms with Gasteiger partial charge in [0.25, 0.3) is 0 Å². The van der Waals surface area contributed by atoms with Crippen LogP contribution in [0.15, 0.2) is 24.3 Å². The van der Waals surface area contributed by atoms with Crippen LogP contribution >= 0.6 is 11.3 Å². The lowest BCUT2D eigenvalue weighted by molar-refractivity contribution is 0.282. The molecule has 1 N–H and O–H groups in total. The Morgan fingerprint density at radius 2 is 1.78 bits per heavy atom. The molecule has 2 rings (SSSR count). The molecule has 96 valence electrons. The van der Waals surface area contributed by atoms with Crippen molar-refractivity contribution in [3.8, 4) is 10.6 Å². The fourth-order valence-electron chi connectivity index (χ4n) is 1.86. The van der Waals surface area contributed by atoms with Crippen molar-refractivity contribution >= 4 is 11.3 Å². The summed E-state index contributed by atoms with van der Waals surface area (Å²) in [6, 6.07) is 8.35. The summed E-state index contributed by atoms with van der Waals surface area (Å²) in [7, 11) is 0. The quantitative estimate of drug-likeness (QED) is 0.889. The molecule has 0 aliphatic rings. The Bertz CT molecular complexity index is 535. The van der Waals surface area contributed by atoms with Gasteiger partial charge in [-0.25, -0.2) is 4.98 Å². The van der Waals surface area contributed by atoms with Gasteiger partial charge in [-0.3, -0.25) is 0 Å². The molecule has 1 aromatic carbocycles. The van der Waals surface area contributed by atoms with Crippen LogP contribution in [0.1, 0.15) is 36.9 Å². The summed E-state index contributed by atoms with van der Waals surface area (Å²) in [6.07, 6.45) is 0. The van der Waals surface area contributed by atoms with E-state index < -0.39 is 0 Å². The van der Waals surface area contributed by atoms with Gasteiger partial charge in [-0.15, -0.1) is 11.3 Å². The fourth-order valence-corrected chi connectivity index (χ4v) is 3.00. The highest BCUT2D eigenvalue weighted by molar-refractivity contribution is 7.15. The first-order chi connectivity index (χ1) is 8.41. The fraction of sp³-hybridized carbons (Fsp3) is 0.400. The molecule has 18 heavy (non-hydrogen) atoms. The minimum Gasteiger partial charge on any atom is -0.391 e. The van der Waals surface area contributed by atoms with E-state index in [0.717, 1.165) is 21.1 Å². The number of hydrogen-bond donors (Lipinski definition) is 1. The molecule has 0 spiro atoms. The number of thiazole rings is 1. The molecule has 0 aliphatic carbocycles. The maximum Gasteiger partial charge on any atom is 0.123 e. The van der Waals surface area contributed by atoms with Crippen molar-refractivity contribution in [3.63, 3.8) is 0 Å². The summed E-state index contributed by atoms with van der Waals surface area (Å²) in [5.41, 5.74) is 3.34. The van der Waals surface area contributed by atoms with Crippen molar-refractivity contribution in [2.24, 2.45) is 0 Å². The van der Waals surface area contributed by atoms with Crippen LogP contribution in [0.4, 0.5) is 0 Å². The Kier molecular flexibility index (Phi) is 3.55. The number of aryl methyl sites for hydroxylation is 1. The lowest BCUT2D eigenvalue weighted by atomic mass is 9.91. The lowest BCUT2D eigenvalue weighted by Crippen LogP contribution is -2.14. The van der Waals surface area contributed by atoms with Crippen molar-refractivity contribution in [2.75, 3.05) is 0 Å². The van der Waals surface area contributed by atoms with E-state index >= 15 is 0 Å². The van der Waals surface area contributed by atoms with Crippen LogP contribution in [0.3, 0.4) is 0 Å². The van der Waals surface area contributed by atoms with Gasteiger partial charge in [0.15, 0.2) is 0 Å². The smallest absolute Gasteiger partial charge is 0.123 e. The van der Waals surface area contributed by atoms with Crippen LogP contribution in [0.5, 0.6) is 0 Å². The molecule has 2 nitrogen and oxygen atoms in total. The van der Waals surface area contributed by atoms with E-state index in [1.165, 1.54) is 5.56 Å². The number of aromatic nitrogens is 1. The number of hydrogen-bond acceptors (Lipinski definition) is 3. The van der Waals surface area contributed by atoms with Gasteiger partial charge in [0.05, 0.1) is 17.2 Å². The number of aliphatic hydroxyl groups is 1. The standard InChI is InChI=1S/C15H19NOS/c1-10-5-7-11(8-6-10)14-16-13(15(2,3)4)12(9-17)18-14/h5-8,17H,9H2,1-4H3. The SMILES string of the molecule is Cc1ccc(-c2nc(C(C)(C)C)c(CO)s2)cc1. The van der Waals surface area contributed by atoms with Gasteiger partial charge in [0.2, 0.25) is 0 Å². The molecule has 0 bridgehead atoms. The van der Waals surface area contributed by atoms with Crippen molar-refractivity contribution in [1.82, 2.24) is 4.98 Å². The Labute approximate surface area is 112 Å². The molecule has 1 aromatic heterocycles. The molecular formula is C15H19NOS. The molecule has 0 saturated carbocycles. The molecule has 3 heteroatoms. The molecule has 0 fully saturated rings. The molecule has 1 heterocycles. The zero-order valence-electron chi connectivity index (χ0n) is 11.3. The average molecular weight is 261 g/mol. The van der Waals surface area contributed by atoms with E-state index in [-0.39, 0.29) is 12.0 Å². The molecule has 0 aliphatic heterocycles. The monoisotopic (exact) mass is 261 g/mol. The average Bonchev–Trinajstić information content (AvgIpc) is 2.73. The van der Waals surface area contributed by atoms with E-state index in [9.17, 15) is 5.11 Å². The summed E-state index contributed by atoms with van der Waals surface area (Å²) in [6.45, 7) is 8.52. The predicted octanol–water partition coefficient (Wildman–Crippen LogP) is 3.91. The molecule has 2 aromatic rings. The van der Waals surface area contributed by atoms with Gasteiger partial charge >= 0.3 is 0 Å². The minimum atomic E-state index is -0.0302. The normalized spacial score (nSPS) is 11.8. The lowest BCUT2D eigenvalue weighted by Gasteiger charge is -2.16. The van der Waals surface area contributed by atoms with Crippen molar-refractivity contribution in [1.29, 1.82) is 0 Å². The Morgan fingerprint density at radius 3 is 2.22 bits per heavy atom. The van der Waals surface area contributed by atoms with Crippen LogP contribution in [-0.2, 0) is 12.0 Å². The highest BCUT2D eigenvalue weighted by atomic mass is 32.1. The number of nitrogens with zero attached hydrogens (tertiary/aromatic N) is 1. The van der Waals surface area contributed by atoms with Gasteiger partial charge in [-0.05, 0) is 6.92 Å². The first-order valence-electron chi connectivity index (χ1n) is 6.10. The molecule has 0 atom stereocenters. The Balaban J connectivity index is 2.47. The zero-order chi connectivity index (χ0) is 13.3. The zero-order valence-corrected chi connectivity index (χ0v) is 12.1. The van der Waals surface area contributed by atoms with Gasteiger partial charge in [0, 0.05) is 11.0 Å². The highest BCUT2D eigenvalue weighted by Crippen LogP contribution is 2.34. The minimum absolute atomic E-state index is 0.0302. The van der Waals surface area contributed by atoms with Gasteiger partial charge < -0.3 is 5.11 Å². The largest absolute Gasteiger partial charge is 0.391 e. The molecule has 0 radical (unpaired) electrons. The topological polar surface area (TPSA) is 33.1 Å². The van der Waals surface area contributed by atoms with Gasteiger partial charge in [-0.2, -0.15) is 0 Å². The number of benzene rings is 1. The molecule has 0 saturated heterocycles. The third kappa shape index (κ3) is 2.62. The first kappa shape index (κ1) is 13.2. The molecular weight excluding hydrogens is 242 g/mol. The summed E-state index contributed by atoms with van der Waals surface area (Å²) < 4.78 is 0. The van der Waals surface area contributed by atoms with Gasteiger partial charge in [0.1, 0.15) is 5.01 Å². The highest BCUT2D eigenvalue weighted by Gasteiger charge is 2.23. The Hall–Kier alpha value is -1.19. The first-order valence-corrected chi connectivity index (χ1v) is 6.91. The summed E-state index contributed by atoms with van der Waals surface area (Å²) >= 11 is 1.58. The summed E-state index contributed by atoms with van der Waals surface area (Å²) in [5, 5.41) is 10.4.